The molecule has 1 fully saturated rings. The summed E-state index contributed by atoms with van der Waals surface area (Å²) in [6, 6.07) is 0. The van der Waals surface area contributed by atoms with Crippen LogP contribution in [0, 0.1) is 0 Å². The van der Waals surface area contributed by atoms with Gasteiger partial charge in [-0.3, -0.25) is 4.99 Å². The van der Waals surface area contributed by atoms with Crippen molar-refractivity contribution >= 4 is 5.71 Å². The monoisotopic (exact) mass is 109 g/mol. The maximum Gasteiger partial charge on any atom is 0.0955 e. The molecule has 1 unspecified atom stereocenters. The van der Waals surface area contributed by atoms with Crippen LogP contribution in [0.3, 0.4) is 0 Å². The van der Waals surface area contributed by atoms with Gasteiger partial charge in [0, 0.05) is 5.71 Å². The Hall–Kier alpha value is -0.330. The van der Waals surface area contributed by atoms with E-state index in [1.54, 1.807) is 0 Å². The number of rotatable bonds is 0. The molecule has 0 N–H and O–H groups in total. The molecule has 0 aromatic rings. The van der Waals surface area contributed by atoms with Gasteiger partial charge in [-0.2, -0.15) is 0 Å². The number of hydrogen-bond acceptors (Lipinski definition) is 1. The number of aliphatic imine (C=N–C) groups is 1. The molecule has 0 amide bonds. The van der Waals surface area contributed by atoms with Crippen molar-refractivity contribution in [1.82, 2.24) is 0 Å². The first-order valence-electron chi connectivity index (χ1n) is 3.40. The van der Waals surface area contributed by atoms with E-state index >= 15 is 0 Å². The highest BCUT2D eigenvalue weighted by Gasteiger charge is 2.42. The predicted octanol–water partition coefficient (Wildman–Crippen LogP) is 1.77. The van der Waals surface area contributed by atoms with Gasteiger partial charge in [-0.05, 0) is 26.2 Å². The van der Waals surface area contributed by atoms with Crippen molar-refractivity contribution in [1.29, 1.82) is 0 Å². The zero-order valence-corrected chi connectivity index (χ0v) is 5.28. The Bertz CT molecular complexity index is 148. The lowest BCUT2D eigenvalue weighted by atomic mass is 9.90. The molecular formula is C7H11N. The van der Waals surface area contributed by atoms with Crippen molar-refractivity contribution in [3.8, 4) is 0 Å². The van der Waals surface area contributed by atoms with E-state index in [9.17, 15) is 0 Å². The fraction of sp³-hybridized carbons (Fsp3) is 0.857. The molecule has 1 atom stereocenters. The highest BCUT2D eigenvalue weighted by atomic mass is 15.0. The highest BCUT2D eigenvalue weighted by Crippen LogP contribution is 2.39. The van der Waals surface area contributed by atoms with Crippen molar-refractivity contribution < 1.29 is 0 Å². The Labute approximate surface area is 49.8 Å². The standard InChI is InChI=1S/C7H11N/c1-7-5-3-2-4-6(7)8-7/h2-5H2,1H3. The van der Waals surface area contributed by atoms with Crippen LogP contribution in [-0.4, -0.2) is 11.3 Å². The van der Waals surface area contributed by atoms with E-state index in [2.05, 4.69) is 11.9 Å². The Morgan fingerprint density at radius 3 is 2.88 bits per heavy atom. The summed E-state index contributed by atoms with van der Waals surface area (Å²) in [5.74, 6) is 0. The summed E-state index contributed by atoms with van der Waals surface area (Å²) in [6.07, 6.45) is 5.39. The molecule has 1 aliphatic heterocycles. The quantitative estimate of drug-likeness (QED) is 0.449. The zero-order chi connectivity index (χ0) is 5.61. The molecule has 1 saturated carbocycles. The second-order valence-corrected chi connectivity index (χ2v) is 3.04. The van der Waals surface area contributed by atoms with Crippen molar-refractivity contribution in [3.05, 3.63) is 0 Å². The minimum absolute atomic E-state index is 0.387. The Morgan fingerprint density at radius 1 is 1.50 bits per heavy atom. The van der Waals surface area contributed by atoms with Crippen LogP contribution < -0.4 is 0 Å². The van der Waals surface area contributed by atoms with Crippen LogP contribution in [0.1, 0.15) is 32.6 Å². The number of nitrogens with zero attached hydrogens (tertiary/aromatic N) is 1. The van der Waals surface area contributed by atoms with Crippen molar-refractivity contribution in [3.63, 3.8) is 0 Å². The van der Waals surface area contributed by atoms with E-state index in [1.165, 1.54) is 31.4 Å². The second kappa shape index (κ2) is 1.15. The molecule has 0 saturated heterocycles. The topological polar surface area (TPSA) is 12.4 Å². The van der Waals surface area contributed by atoms with E-state index in [0.29, 0.717) is 5.54 Å². The molecule has 1 nitrogen and oxygen atoms in total. The van der Waals surface area contributed by atoms with Gasteiger partial charge in [-0.25, -0.2) is 0 Å². The van der Waals surface area contributed by atoms with Gasteiger partial charge in [-0.1, -0.05) is 6.42 Å². The fourth-order valence-electron chi connectivity index (χ4n) is 1.56. The first-order valence-corrected chi connectivity index (χ1v) is 3.40. The molecule has 0 radical (unpaired) electrons. The summed E-state index contributed by atoms with van der Waals surface area (Å²) in [5, 5.41) is 0. The van der Waals surface area contributed by atoms with E-state index < -0.39 is 0 Å². The predicted molar refractivity (Wildman–Crippen MR) is 34.3 cm³/mol. The SMILES string of the molecule is CC12CCCCC1=N2. The van der Waals surface area contributed by atoms with Crippen molar-refractivity contribution in [2.45, 2.75) is 38.1 Å². The lowest BCUT2D eigenvalue weighted by molar-refractivity contribution is 0.564. The second-order valence-electron chi connectivity index (χ2n) is 3.04. The number of fused-ring (bicyclic) bond motifs is 1. The van der Waals surface area contributed by atoms with Gasteiger partial charge in [-0.15, -0.1) is 0 Å². The summed E-state index contributed by atoms with van der Waals surface area (Å²) in [4.78, 5) is 4.40. The third-order valence-electron chi connectivity index (χ3n) is 2.28. The lowest BCUT2D eigenvalue weighted by Gasteiger charge is -2.12. The fourth-order valence-corrected chi connectivity index (χ4v) is 1.56. The molecule has 2 aliphatic rings. The summed E-state index contributed by atoms with van der Waals surface area (Å²) in [5.41, 5.74) is 1.88. The Kier molecular flexibility index (Phi) is 0.651. The van der Waals surface area contributed by atoms with Crippen molar-refractivity contribution in [2.24, 2.45) is 4.99 Å². The average molecular weight is 109 g/mol. The van der Waals surface area contributed by atoms with E-state index in [0.717, 1.165) is 0 Å². The average Bonchev–Trinajstić information content (AvgIpc) is 2.39. The van der Waals surface area contributed by atoms with Crippen LogP contribution >= 0.6 is 0 Å². The lowest BCUT2D eigenvalue weighted by Crippen LogP contribution is -2.17. The zero-order valence-electron chi connectivity index (χ0n) is 5.28. The molecule has 44 valence electrons. The normalized spacial score (nSPS) is 42.9. The highest BCUT2D eigenvalue weighted by molar-refractivity contribution is 6.05. The van der Waals surface area contributed by atoms with Gasteiger partial charge in [0.15, 0.2) is 0 Å². The third-order valence-corrected chi connectivity index (χ3v) is 2.28. The molecule has 1 aliphatic carbocycles. The minimum Gasteiger partial charge on any atom is -0.279 e. The summed E-state index contributed by atoms with van der Waals surface area (Å²) < 4.78 is 0. The molecule has 0 aromatic heterocycles. The summed E-state index contributed by atoms with van der Waals surface area (Å²) >= 11 is 0. The van der Waals surface area contributed by atoms with Crippen LogP contribution in [0.25, 0.3) is 0 Å². The van der Waals surface area contributed by atoms with E-state index in [-0.39, 0.29) is 0 Å². The van der Waals surface area contributed by atoms with Crippen LogP contribution in [0.5, 0.6) is 0 Å². The van der Waals surface area contributed by atoms with Gasteiger partial charge in [0.25, 0.3) is 0 Å². The van der Waals surface area contributed by atoms with Gasteiger partial charge in [0.2, 0.25) is 0 Å². The van der Waals surface area contributed by atoms with Gasteiger partial charge in [0.05, 0.1) is 5.54 Å². The molecule has 0 bridgehead atoms. The smallest absolute Gasteiger partial charge is 0.0955 e. The van der Waals surface area contributed by atoms with Crippen LogP contribution in [0.4, 0.5) is 0 Å². The molecule has 1 heteroatoms. The first kappa shape index (κ1) is 4.54. The molecular weight excluding hydrogens is 98.1 g/mol. The number of hydrogen-bond donors (Lipinski definition) is 0. The molecule has 8 heavy (non-hydrogen) atoms. The maximum atomic E-state index is 4.40. The van der Waals surface area contributed by atoms with E-state index in [1.807, 2.05) is 0 Å². The first-order chi connectivity index (χ1) is 3.81. The van der Waals surface area contributed by atoms with Gasteiger partial charge < -0.3 is 0 Å². The van der Waals surface area contributed by atoms with E-state index in [4.69, 9.17) is 0 Å². The summed E-state index contributed by atoms with van der Waals surface area (Å²) in [6.45, 7) is 2.25. The Balaban J connectivity index is 2.10. The molecule has 0 aromatic carbocycles. The molecule has 2 rings (SSSR count). The minimum atomic E-state index is 0.387. The van der Waals surface area contributed by atoms with Gasteiger partial charge in [0.1, 0.15) is 0 Å². The maximum absolute atomic E-state index is 4.40. The summed E-state index contributed by atoms with van der Waals surface area (Å²) in [7, 11) is 0. The van der Waals surface area contributed by atoms with Crippen molar-refractivity contribution in [2.75, 3.05) is 0 Å². The largest absolute Gasteiger partial charge is 0.279 e. The molecule has 1 heterocycles. The van der Waals surface area contributed by atoms with Crippen LogP contribution in [0.2, 0.25) is 0 Å². The molecule has 0 spiro atoms. The van der Waals surface area contributed by atoms with Gasteiger partial charge >= 0.3 is 0 Å². The Morgan fingerprint density at radius 2 is 2.38 bits per heavy atom. The third kappa shape index (κ3) is 0.445. The van der Waals surface area contributed by atoms with Crippen LogP contribution in [-0.2, 0) is 0 Å². The van der Waals surface area contributed by atoms with Crippen LogP contribution in [0.15, 0.2) is 4.99 Å².